The Morgan fingerprint density at radius 2 is 2.25 bits per heavy atom. The summed E-state index contributed by atoms with van der Waals surface area (Å²) < 4.78 is 13.4. The molecular weight excluding hydrogens is 300 g/mol. The number of halogens is 3. The van der Waals surface area contributed by atoms with Crippen LogP contribution in [0.1, 0.15) is 12.8 Å². The fourth-order valence-electron chi connectivity index (χ4n) is 1.16. The summed E-state index contributed by atoms with van der Waals surface area (Å²) in [7, 11) is 0. The topological polar surface area (TPSA) is 49.3 Å². The largest absolute Gasteiger partial charge is 0.481 e. The summed E-state index contributed by atoms with van der Waals surface area (Å²) in [4.78, 5) is 10.3. The summed E-state index contributed by atoms with van der Waals surface area (Å²) in [6.45, 7) is 0.469. The normalized spacial score (nSPS) is 10.2. The lowest BCUT2D eigenvalue weighted by atomic mass is 10.2. The fourth-order valence-corrected chi connectivity index (χ4v) is 2.12. The van der Waals surface area contributed by atoms with Gasteiger partial charge in [0, 0.05) is 17.4 Å². The minimum atomic E-state index is -0.842. The number of aliphatic carboxylic acids is 1. The van der Waals surface area contributed by atoms with Crippen molar-refractivity contribution >= 4 is 39.2 Å². The highest BCUT2D eigenvalue weighted by Gasteiger charge is 2.07. The average molecular weight is 311 g/mol. The zero-order valence-electron chi connectivity index (χ0n) is 8.27. The number of nitrogens with one attached hydrogen (secondary N) is 1. The molecule has 16 heavy (non-hydrogen) atoms. The van der Waals surface area contributed by atoms with Gasteiger partial charge in [-0.15, -0.1) is 0 Å². The summed E-state index contributed by atoms with van der Waals surface area (Å²) in [5, 5.41) is 11.7. The van der Waals surface area contributed by atoms with E-state index in [9.17, 15) is 9.18 Å². The molecule has 0 saturated carbocycles. The van der Waals surface area contributed by atoms with Gasteiger partial charge in [-0.05, 0) is 34.5 Å². The van der Waals surface area contributed by atoms with Crippen LogP contribution in [-0.2, 0) is 4.79 Å². The van der Waals surface area contributed by atoms with Gasteiger partial charge in [-0.2, -0.15) is 0 Å². The Bertz CT molecular complexity index is 377. The Kier molecular flexibility index (Phi) is 5.02. The number of carboxylic acids is 1. The van der Waals surface area contributed by atoms with Gasteiger partial charge >= 0.3 is 5.97 Å². The van der Waals surface area contributed by atoms with Crippen LogP contribution < -0.4 is 5.32 Å². The highest BCUT2D eigenvalue weighted by molar-refractivity contribution is 9.10. The first-order valence-corrected chi connectivity index (χ1v) is 5.78. The van der Waals surface area contributed by atoms with Crippen LogP contribution in [0.25, 0.3) is 0 Å². The summed E-state index contributed by atoms with van der Waals surface area (Å²) >= 11 is 9.00. The molecule has 0 spiro atoms. The van der Waals surface area contributed by atoms with Gasteiger partial charge in [0.2, 0.25) is 0 Å². The van der Waals surface area contributed by atoms with Crippen LogP contribution in [-0.4, -0.2) is 17.6 Å². The Balaban J connectivity index is 2.57. The maximum Gasteiger partial charge on any atom is 0.303 e. The molecule has 0 fully saturated rings. The smallest absolute Gasteiger partial charge is 0.303 e. The maximum atomic E-state index is 12.9. The molecule has 0 unspecified atom stereocenters. The summed E-state index contributed by atoms with van der Waals surface area (Å²) in [6, 6.07) is 2.50. The molecule has 0 radical (unpaired) electrons. The number of hydrogen-bond donors (Lipinski definition) is 2. The van der Waals surface area contributed by atoms with E-state index in [-0.39, 0.29) is 11.4 Å². The SMILES string of the molecule is O=C(O)CCCNc1c(Cl)cc(F)cc1Br. The van der Waals surface area contributed by atoms with Crippen molar-refractivity contribution in [2.24, 2.45) is 0 Å². The number of carboxylic acid groups (broad SMARTS) is 1. The highest BCUT2D eigenvalue weighted by Crippen LogP contribution is 2.31. The summed E-state index contributed by atoms with van der Waals surface area (Å²) in [5.74, 6) is -1.26. The van der Waals surface area contributed by atoms with Gasteiger partial charge < -0.3 is 10.4 Å². The van der Waals surface area contributed by atoms with E-state index in [0.717, 1.165) is 0 Å². The van der Waals surface area contributed by atoms with Gasteiger partial charge in [0.15, 0.2) is 0 Å². The molecule has 0 heterocycles. The molecule has 0 aliphatic carbocycles. The highest BCUT2D eigenvalue weighted by atomic mass is 79.9. The molecule has 2 N–H and O–H groups in total. The van der Waals surface area contributed by atoms with Crippen molar-refractivity contribution in [1.82, 2.24) is 0 Å². The molecule has 0 aliphatic heterocycles. The second-order valence-corrected chi connectivity index (χ2v) is 4.43. The first-order chi connectivity index (χ1) is 7.50. The van der Waals surface area contributed by atoms with Crippen molar-refractivity contribution in [3.8, 4) is 0 Å². The third-order valence-corrected chi connectivity index (χ3v) is 2.80. The van der Waals surface area contributed by atoms with Crippen LogP contribution in [0.4, 0.5) is 10.1 Å². The van der Waals surface area contributed by atoms with E-state index >= 15 is 0 Å². The lowest BCUT2D eigenvalue weighted by Crippen LogP contribution is -2.05. The van der Waals surface area contributed by atoms with Crippen LogP contribution in [0.3, 0.4) is 0 Å². The summed E-state index contributed by atoms with van der Waals surface area (Å²) in [5.41, 5.74) is 0.577. The first-order valence-electron chi connectivity index (χ1n) is 4.61. The second kappa shape index (κ2) is 6.06. The van der Waals surface area contributed by atoms with E-state index in [1.165, 1.54) is 12.1 Å². The lowest BCUT2D eigenvalue weighted by Gasteiger charge is -2.10. The molecule has 0 saturated heterocycles. The number of benzene rings is 1. The molecule has 6 heteroatoms. The molecule has 1 rings (SSSR count). The second-order valence-electron chi connectivity index (χ2n) is 3.17. The van der Waals surface area contributed by atoms with Gasteiger partial charge in [0.05, 0.1) is 10.7 Å². The van der Waals surface area contributed by atoms with Crippen molar-refractivity contribution in [2.75, 3.05) is 11.9 Å². The van der Waals surface area contributed by atoms with E-state index in [4.69, 9.17) is 16.7 Å². The van der Waals surface area contributed by atoms with Crippen molar-refractivity contribution in [1.29, 1.82) is 0 Å². The molecule has 0 aliphatic rings. The van der Waals surface area contributed by atoms with Gasteiger partial charge in [-0.3, -0.25) is 4.79 Å². The maximum absolute atomic E-state index is 12.9. The molecular formula is C10H10BrClFNO2. The number of anilines is 1. The molecule has 3 nitrogen and oxygen atoms in total. The van der Waals surface area contributed by atoms with Gasteiger partial charge in [0.25, 0.3) is 0 Å². The Morgan fingerprint density at radius 3 is 2.81 bits per heavy atom. The third-order valence-electron chi connectivity index (χ3n) is 1.88. The predicted octanol–water partition coefficient (Wildman–Crippen LogP) is 3.52. The van der Waals surface area contributed by atoms with Crippen LogP contribution in [0.2, 0.25) is 5.02 Å². The monoisotopic (exact) mass is 309 g/mol. The molecule has 0 amide bonds. The van der Waals surface area contributed by atoms with Crippen LogP contribution in [0.15, 0.2) is 16.6 Å². The Hall–Kier alpha value is -0.810. The lowest BCUT2D eigenvalue weighted by molar-refractivity contribution is -0.137. The van der Waals surface area contributed by atoms with Crippen molar-refractivity contribution in [3.63, 3.8) is 0 Å². The number of hydrogen-bond acceptors (Lipinski definition) is 2. The van der Waals surface area contributed by atoms with Gasteiger partial charge in [-0.25, -0.2) is 4.39 Å². The van der Waals surface area contributed by atoms with Crippen molar-refractivity contribution < 1.29 is 14.3 Å². The minimum Gasteiger partial charge on any atom is -0.481 e. The predicted molar refractivity (Wildman–Crippen MR) is 64.5 cm³/mol. The molecule has 0 aromatic heterocycles. The van der Waals surface area contributed by atoms with E-state index in [0.29, 0.717) is 23.1 Å². The fraction of sp³-hybridized carbons (Fsp3) is 0.300. The van der Waals surface area contributed by atoms with Crippen LogP contribution in [0.5, 0.6) is 0 Å². The van der Waals surface area contributed by atoms with Gasteiger partial charge in [-0.1, -0.05) is 11.6 Å². The van der Waals surface area contributed by atoms with Crippen LogP contribution >= 0.6 is 27.5 Å². The summed E-state index contributed by atoms with van der Waals surface area (Å²) in [6.07, 6.45) is 0.568. The Morgan fingerprint density at radius 1 is 1.56 bits per heavy atom. The zero-order valence-corrected chi connectivity index (χ0v) is 10.6. The average Bonchev–Trinajstić information content (AvgIpc) is 2.14. The van der Waals surface area contributed by atoms with E-state index < -0.39 is 11.8 Å². The molecule has 88 valence electrons. The van der Waals surface area contributed by atoms with E-state index in [2.05, 4.69) is 21.2 Å². The van der Waals surface area contributed by atoms with Crippen molar-refractivity contribution in [2.45, 2.75) is 12.8 Å². The molecule has 0 bridgehead atoms. The van der Waals surface area contributed by atoms with Crippen molar-refractivity contribution in [3.05, 3.63) is 27.4 Å². The number of rotatable bonds is 5. The minimum absolute atomic E-state index is 0.0867. The third kappa shape index (κ3) is 3.98. The standard InChI is InChI=1S/C10H10BrClFNO2/c11-7-4-6(13)5-8(12)10(7)14-3-1-2-9(15)16/h4-5,14H,1-3H2,(H,15,16). The van der Waals surface area contributed by atoms with E-state index in [1.54, 1.807) is 0 Å². The Labute approximate surface area is 106 Å². The zero-order chi connectivity index (χ0) is 12.1. The first kappa shape index (κ1) is 13.3. The van der Waals surface area contributed by atoms with Crippen LogP contribution in [0, 0.1) is 5.82 Å². The quantitative estimate of drug-likeness (QED) is 0.818. The van der Waals surface area contributed by atoms with Gasteiger partial charge in [0.1, 0.15) is 5.82 Å². The van der Waals surface area contributed by atoms with E-state index in [1.807, 2.05) is 0 Å². The molecule has 0 atom stereocenters. The molecule has 1 aromatic carbocycles. The number of carbonyl (C=O) groups is 1. The molecule has 1 aromatic rings.